The maximum Gasteiger partial charge on any atom is 0.273 e. The third kappa shape index (κ3) is 7.00. The van der Waals surface area contributed by atoms with E-state index >= 15 is 0 Å². The van der Waals surface area contributed by atoms with Gasteiger partial charge >= 0.3 is 0 Å². The number of halogens is 1. The molecule has 0 radical (unpaired) electrons. The van der Waals surface area contributed by atoms with Crippen LogP contribution in [0.5, 0.6) is 0 Å². The Balaban J connectivity index is 1.68. The molecule has 37 heavy (non-hydrogen) atoms. The van der Waals surface area contributed by atoms with Crippen LogP contribution in [0.15, 0.2) is 78.9 Å². The van der Waals surface area contributed by atoms with Gasteiger partial charge in [-0.3, -0.25) is 19.7 Å². The number of nitro groups is 1. The van der Waals surface area contributed by atoms with E-state index in [0.717, 1.165) is 31.2 Å². The molecule has 192 valence electrons. The van der Waals surface area contributed by atoms with Crippen LogP contribution in [0.4, 0.5) is 10.1 Å². The monoisotopic (exact) mass is 503 g/mol. The van der Waals surface area contributed by atoms with E-state index < -0.39 is 22.7 Å². The van der Waals surface area contributed by atoms with Gasteiger partial charge in [0.15, 0.2) is 0 Å². The molecule has 2 amide bonds. The smallest absolute Gasteiger partial charge is 0.273 e. The van der Waals surface area contributed by atoms with Gasteiger partial charge < -0.3 is 10.2 Å². The first kappa shape index (κ1) is 26.0. The zero-order chi connectivity index (χ0) is 26.2. The molecular weight excluding hydrogens is 473 g/mol. The van der Waals surface area contributed by atoms with Gasteiger partial charge in [0.05, 0.1) is 11.3 Å². The summed E-state index contributed by atoms with van der Waals surface area (Å²) >= 11 is 0. The summed E-state index contributed by atoms with van der Waals surface area (Å²) in [5, 5.41) is 14.7. The Morgan fingerprint density at radius 1 is 0.946 bits per heavy atom. The molecule has 1 aliphatic rings. The predicted octanol–water partition coefficient (Wildman–Crippen LogP) is 4.98. The minimum absolute atomic E-state index is 0.0590. The van der Waals surface area contributed by atoms with Crippen molar-refractivity contribution in [3.05, 3.63) is 111 Å². The number of benzene rings is 3. The van der Waals surface area contributed by atoms with Crippen LogP contribution < -0.4 is 5.32 Å². The molecule has 8 heteroatoms. The summed E-state index contributed by atoms with van der Waals surface area (Å²) in [6, 6.07) is 20.5. The molecule has 3 aromatic rings. The lowest BCUT2D eigenvalue weighted by Gasteiger charge is -2.32. The van der Waals surface area contributed by atoms with Crippen molar-refractivity contribution in [3.8, 4) is 0 Å². The Hall–Kier alpha value is -4.07. The number of hydrogen-bond donors (Lipinski definition) is 1. The van der Waals surface area contributed by atoms with Gasteiger partial charge in [-0.2, -0.15) is 0 Å². The number of rotatable bonds is 10. The fourth-order valence-corrected chi connectivity index (χ4v) is 4.81. The van der Waals surface area contributed by atoms with Crippen LogP contribution >= 0.6 is 0 Å². The van der Waals surface area contributed by atoms with Gasteiger partial charge in [-0.1, -0.05) is 73.5 Å². The van der Waals surface area contributed by atoms with Crippen molar-refractivity contribution in [2.24, 2.45) is 0 Å². The van der Waals surface area contributed by atoms with E-state index in [0.29, 0.717) is 5.56 Å². The zero-order valence-electron chi connectivity index (χ0n) is 20.5. The Labute approximate surface area is 215 Å². The summed E-state index contributed by atoms with van der Waals surface area (Å²) < 4.78 is 13.6. The molecule has 1 fully saturated rings. The van der Waals surface area contributed by atoms with Crippen LogP contribution in [0.1, 0.15) is 42.4 Å². The van der Waals surface area contributed by atoms with E-state index in [1.165, 1.54) is 23.1 Å². The maximum absolute atomic E-state index is 13.8. The highest BCUT2D eigenvalue weighted by Gasteiger charge is 2.33. The van der Waals surface area contributed by atoms with E-state index in [1.807, 2.05) is 30.3 Å². The predicted molar refractivity (Wildman–Crippen MR) is 138 cm³/mol. The second-order valence-corrected chi connectivity index (χ2v) is 9.41. The number of nitrogens with zero attached hydrogens (tertiary/aromatic N) is 2. The number of amides is 2. The summed E-state index contributed by atoms with van der Waals surface area (Å²) in [5.41, 5.74) is 1.67. The van der Waals surface area contributed by atoms with Crippen LogP contribution in [0, 0.1) is 15.9 Å². The number of nitro benzene ring substituents is 1. The highest BCUT2D eigenvalue weighted by Crippen LogP contribution is 2.23. The van der Waals surface area contributed by atoms with Crippen LogP contribution in [0.2, 0.25) is 0 Å². The molecule has 3 aromatic carbocycles. The lowest BCUT2D eigenvalue weighted by molar-refractivity contribution is -0.385. The highest BCUT2D eigenvalue weighted by atomic mass is 19.1. The summed E-state index contributed by atoms with van der Waals surface area (Å²) in [7, 11) is 0. The second-order valence-electron chi connectivity index (χ2n) is 9.41. The Kier molecular flexibility index (Phi) is 8.61. The first-order chi connectivity index (χ1) is 17.9. The van der Waals surface area contributed by atoms with Gasteiger partial charge in [0.2, 0.25) is 11.8 Å². The Bertz CT molecular complexity index is 1230. The minimum atomic E-state index is -0.844. The van der Waals surface area contributed by atoms with E-state index in [-0.39, 0.29) is 42.6 Å². The molecule has 0 bridgehead atoms. The lowest BCUT2D eigenvalue weighted by atomic mass is 10.0. The van der Waals surface area contributed by atoms with Crippen molar-refractivity contribution in [1.82, 2.24) is 10.2 Å². The normalized spacial score (nSPS) is 14.2. The molecule has 7 nitrogen and oxygen atoms in total. The van der Waals surface area contributed by atoms with E-state index in [9.17, 15) is 24.1 Å². The van der Waals surface area contributed by atoms with Crippen LogP contribution in [-0.2, 0) is 29.0 Å². The van der Waals surface area contributed by atoms with Crippen LogP contribution in [-0.4, -0.2) is 33.7 Å². The van der Waals surface area contributed by atoms with E-state index in [4.69, 9.17) is 0 Å². The molecule has 4 rings (SSSR count). The number of hydrogen-bond acceptors (Lipinski definition) is 4. The molecule has 0 spiro atoms. The fraction of sp³-hybridized carbons (Fsp3) is 0.310. The quantitative estimate of drug-likeness (QED) is 0.312. The SMILES string of the molecule is O=C(NC1CCCC1)[C@@H](Cc1ccccc1)N(Cc1ccc(F)cc1)C(=O)Cc1ccccc1[N+](=O)[O-]. The fourth-order valence-electron chi connectivity index (χ4n) is 4.81. The average Bonchev–Trinajstić information content (AvgIpc) is 3.41. The van der Waals surface area contributed by atoms with Gasteiger partial charge in [-0.25, -0.2) is 4.39 Å². The Morgan fingerprint density at radius 2 is 1.59 bits per heavy atom. The van der Waals surface area contributed by atoms with E-state index in [2.05, 4.69) is 5.32 Å². The van der Waals surface area contributed by atoms with Gasteiger partial charge in [-0.05, 0) is 36.1 Å². The average molecular weight is 504 g/mol. The van der Waals surface area contributed by atoms with Gasteiger partial charge in [-0.15, -0.1) is 0 Å². The first-order valence-corrected chi connectivity index (χ1v) is 12.5. The van der Waals surface area contributed by atoms with E-state index in [1.54, 1.807) is 30.3 Å². The maximum atomic E-state index is 13.8. The summed E-state index contributed by atoms with van der Waals surface area (Å²) in [6.07, 6.45) is 3.93. The van der Waals surface area contributed by atoms with Gasteiger partial charge in [0.25, 0.3) is 5.69 Å². The molecular formula is C29H30FN3O4. The minimum Gasteiger partial charge on any atom is -0.352 e. The third-order valence-electron chi connectivity index (χ3n) is 6.77. The lowest BCUT2D eigenvalue weighted by Crippen LogP contribution is -2.52. The third-order valence-corrected chi connectivity index (χ3v) is 6.77. The molecule has 0 aliphatic heterocycles. The topological polar surface area (TPSA) is 92.6 Å². The van der Waals surface area contributed by atoms with Crippen molar-refractivity contribution in [1.29, 1.82) is 0 Å². The molecule has 0 saturated heterocycles. The zero-order valence-corrected chi connectivity index (χ0v) is 20.5. The number of para-hydroxylation sites is 1. The standard InChI is InChI=1S/C29H30FN3O4/c30-24-16-14-22(15-17-24)20-32(28(34)19-23-10-4-7-13-26(23)33(36)37)27(18-21-8-2-1-3-9-21)29(35)31-25-11-5-6-12-25/h1-4,7-10,13-17,25,27H,5-6,11-12,18-20H2,(H,31,35)/t27-/m1/s1. The molecule has 1 saturated carbocycles. The number of carbonyl (C=O) groups is 2. The van der Waals surface area contributed by atoms with Gasteiger partial charge in [0.1, 0.15) is 11.9 Å². The molecule has 1 aliphatic carbocycles. The second kappa shape index (κ2) is 12.3. The van der Waals surface area contributed by atoms with Crippen molar-refractivity contribution in [2.45, 2.75) is 57.2 Å². The van der Waals surface area contributed by atoms with Gasteiger partial charge in [0, 0.05) is 30.6 Å². The number of carbonyl (C=O) groups excluding carboxylic acids is 2. The van der Waals surface area contributed by atoms with Crippen molar-refractivity contribution < 1.29 is 18.9 Å². The molecule has 1 N–H and O–H groups in total. The van der Waals surface area contributed by atoms with Crippen molar-refractivity contribution in [3.63, 3.8) is 0 Å². The van der Waals surface area contributed by atoms with Crippen molar-refractivity contribution in [2.75, 3.05) is 0 Å². The van der Waals surface area contributed by atoms with Crippen molar-refractivity contribution >= 4 is 17.5 Å². The first-order valence-electron chi connectivity index (χ1n) is 12.5. The summed E-state index contributed by atoms with van der Waals surface area (Å²) in [5.74, 6) is -1.07. The molecule has 0 heterocycles. The summed E-state index contributed by atoms with van der Waals surface area (Å²) in [6.45, 7) is 0.0648. The summed E-state index contributed by atoms with van der Waals surface area (Å²) in [4.78, 5) is 39.9. The number of nitrogens with one attached hydrogen (secondary N) is 1. The van der Waals surface area contributed by atoms with Crippen LogP contribution in [0.3, 0.4) is 0 Å². The highest BCUT2D eigenvalue weighted by molar-refractivity contribution is 5.89. The largest absolute Gasteiger partial charge is 0.352 e. The molecule has 1 atom stereocenters. The Morgan fingerprint density at radius 3 is 2.27 bits per heavy atom. The van der Waals surface area contributed by atoms with Crippen LogP contribution in [0.25, 0.3) is 0 Å². The molecule has 0 aromatic heterocycles. The molecule has 0 unspecified atom stereocenters.